The topological polar surface area (TPSA) is 96.1 Å². The largest absolute Gasteiger partial charge is 0.315 e. The Labute approximate surface area is 125 Å². The van der Waals surface area contributed by atoms with Crippen LogP contribution in [0, 0.1) is 0 Å². The van der Waals surface area contributed by atoms with E-state index in [4.69, 9.17) is 0 Å². The highest BCUT2D eigenvalue weighted by atomic mass is 16.2. The van der Waals surface area contributed by atoms with Crippen molar-refractivity contribution in [1.29, 1.82) is 0 Å². The zero-order valence-electron chi connectivity index (χ0n) is 11.8. The molecule has 0 saturated carbocycles. The van der Waals surface area contributed by atoms with Crippen molar-refractivity contribution in [3.63, 3.8) is 0 Å². The van der Waals surface area contributed by atoms with Gasteiger partial charge in [-0.05, 0) is 12.1 Å². The summed E-state index contributed by atoms with van der Waals surface area (Å²) < 4.78 is 1.34. The molecule has 1 N–H and O–H groups in total. The van der Waals surface area contributed by atoms with E-state index in [0.717, 1.165) is 5.01 Å². The van der Waals surface area contributed by atoms with Crippen LogP contribution in [-0.2, 0) is 9.59 Å². The van der Waals surface area contributed by atoms with Crippen molar-refractivity contribution in [3.05, 3.63) is 40.9 Å². The van der Waals surface area contributed by atoms with Crippen LogP contribution in [0.3, 0.4) is 0 Å². The van der Waals surface area contributed by atoms with Gasteiger partial charge in [-0.2, -0.15) is 5.10 Å². The predicted octanol–water partition coefficient (Wildman–Crippen LogP) is 0.241. The fourth-order valence-electron chi connectivity index (χ4n) is 2.14. The zero-order valence-corrected chi connectivity index (χ0v) is 11.8. The van der Waals surface area contributed by atoms with Gasteiger partial charge < -0.3 is 5.32 Å². The third-order valence-corrected chi connectivity index (χ3v) is 3.33. The number of hydrazone groups is 1. The van der Waals surface area contributed by atoms with Gasteiger partial charge in [0.2, 0.25) is 5.91 Å². The Balaban J connectivity index is 1.89. The summed E-state index contributed by atoms with van der Waals surface area (Å²) in [5.41, 5.74) is 0.390. The first-order valence-electron chi connectivity index (χ1n) is 6.68. The lowest BCUT2D eigenvalue weighted by Crippen LogP contribution is -2.35. The van der Waals surface area contributed by atoms with Gasteiger partial charge in [0.05, 0.1) is 6.20 Å². The van der Waals surface area contributed by atoms with Gasteiger partial charge in [-0.15, -0.1) is 0 Å². The van der Waals surface area contributed by atoms with E-state index in [0.29, 0.717) is 5.65 Å². The minimum Gasteiger partial charge on any atom is -0.315 e. The second-order valence-corrected chi connectivity index (χ2v) is 4.82. The highest BCUT2D eigenvalue weighted by molar-refractivity contribution is 6.43. The van der Waals surface area contributed by atoms with Crippen molar-refractivity contribution < 1.29 is 9.59 Å². The van der Waals surface area contributed by atoms with Crippen LogP contribution in [0.1, 0.15) is 12.8 Å². The number of amides is 2. The second-order valence-electron chi connectivity index (χ2n) is 4.82. The van der Waals surface area contributed by atoms with Crippen molar-refractivity contribution in [2.24, 2.45) is 5.10 Å². The van der Waals surface area contributed by atoms with Crippen LogP contribution in [0.15, 0.2) is 40.5 Å². The molecule has 2 aromatic heterocycles. The SMILES string of the molecule is CN1N=C(C(=O)Nc2cnc3ccccn3c2=O)CCC1=O. The Morgan fingerprint density at radius 2 is 2.09 bits per heavy atom. The molecule has 1 aliphatic rings. The standard InChI is InChI=1S/C14H13N5O3/c1-18-12(20)6-5-9(17-18)13(21)16-10-8-15-11-4-2-3-7-19(11)14(10)22/h2-4,7-8H,5-6H2,1H3,(H,16,21). The first-order valence-corrected chi connectivity index (χ1v) is 6.68. The van der Waals surface area contributed by atoms with E-state index in [1.807, 2.05) is 0 Å². The number of pyridine rings is 1. The molecule has 0 fully saturated rings. The van der Waals surface area contributed by atoms with E-state index in [1.54, 1.807) is 24.4 Å². The molecule has 112 valence electrons. The molecule has 22 heavy (non-hydrogen) atoms. The first kappa shape index (κ1) is 13.9. The van der Waals surface area contributed by atoms with Gasteiger partial charge in [0.25, 0.3) is 11.5 Å². The summed E-state index contributed by atoms with van der Waals surface area (Å²) in [7, 11) is 1.49. The quantitative estimate of drug-likeness (QED) is 0.859. The predicted molar refractivity (Wildman–Crippen MR) is 79.5 cm³/mol. The molecule has 0 bridgehead atoms. The number of nitrogens with zero attached hydrogens (tertiary/aromatic N) is 4. The molecule has 0 aromatic carbocycles. The number of fused-ring (bicyclic) bond motifs is 1. The van der Waals surface area contributed by atoms with Crippen molar-refractivity contribution >= 4 is 28.9 Å². The molecule has 0 saturated heterocycles. The zero-order chi connectivity index (χ0) is 15.7. The number of nitrogens with one attached hydrogen (secondary N) is 1. The van der Waals surface area contributed by atoms with E-state index in [1.165, 1.54) is 17.6 Å². The maximum absolute atomic E-state index is 12.3. The molecule has 2 aromatic rings. The summed E-state index contributed by atoms with van der Waals surface area (Å²) in [4.78, 5) is 39.9. The molecular weight excluding hydrogens is 286 g/mol. The fraction of sp³-hybridized carbons (Fsp3) is 0.214. The molecule has 0 aliphatic carbocycles. The van der Waals surface area contributed by atoms with E-state index in [9.17, 15) is 14.4 Å². The minimum absolute atomic E-state index is 0.0657. The molecule has 0 spiro atoms. The average molecular weight is 299 g/mol. The van der Waals surface area contributed by atoms with Crippen LogP contribution in [-0.4, -0.2) is 39.0 Å². The highest BCUT2D eigenvalue weighted by Gasteiger charge is 2.22. The van der Waals surface area contributed by atoms with Gasteiger partial charge in [-0.25, -0.2) is 9.99 Å². The summed E-state index contributed by atoms with van der Waals surface area (Å²) in [6.45, 7) is 0. The highest BCUT2D eigenvalue weighted by Crippen LogP contribution is 2.09. The molecule has 2 amide bonds. The Morgan fingerprint density at radius 1 is 1.27 bits per heavy atom. The molecule has 0 atom stereocenters. The van der Waals surface area contributed by atoms with Crippen molar-refractivity contribution in [2.75, 3.05) is 12.4 Å². The van der Waals surface area contributed by atoms with Crippen LogP contribution in [0.25, 0.3) is 5.65 Å². The van der Waals surface area contributed by atoms with Gasteiger partial charge >= 0.3 is 0 Å². The van der Waals surface area contributed by atoms with Gasteiger partial charge in [-0.1, -0.05) is 6.07 Å². The number of hydrogen-bond donors (Lipinski definition) is 1. The summed E-state index contributed by atoms with van der Waals surface area (Å²) >= 11 is 0. The first-order chi connectivity index (χ1) is 10.6. The van der Waals surface area contributed by atoms with E-state index >= 15 is 0 Å². The number of carbonyl (C=O) groups excluding carboxylic acids is 2. The maximum atomic E-state index is 12.3. The number of aromatic nitrogens is 2. The van der Waals surface area contributed by atoms with Crippen LogP contribution >= 0.6 is 0 Å². The summed E-state index contributed by atoms with van der Waals surface area (Å²) in [6.07, 6.45) is 3.35. The van der Waals surface area contributed by atoms with Crippen LogP contribution in [0.4, 0.5) is 5.69 Å². The van der Waals surface area contributed by atoms with E-state index in [-0.39, 0.29) is 35.7 Å². The molecule has 1 aliphatic heterocycles. The number of anilines is 1. The molecule has 0 unspecified atom stereocenters. The molecular formula is C14H13N5O3. The van der Waals surface area contributed by atoms with E-state index < -0.39 is 5.91 Å². The van der Waals surface area contributed by atoms with Crippen LogP contribution in [0.5, 0.6) is 0 Å². The van der Waals surface area contributed by atoms with Gasteiger partial charge in [-0.3, -0.25) is 18.8 Å². The minimum atomic E-state index is -0.505. The Hall–Kier alpha value is -3.03. The lowest BCUT2D eigenvalue weighted by atomic mass is 10.1. The number of carbonyl (C=O) groups is 2. The smallest absolute Gasteiger partial charge is 0.281 e. The fourth-order valence-corrected chi connectivity index (χ4v) is 2.14. The Morgan fingerprint density at radius 3 is 2.86 bits per heavy atom. The third-order valence-electron chi connectivity index (χ3n) is 3.33. The monoisotopic (exact) mass is 299 g/mol. The Kier molecular flexibility index (Phi) is 3.42. The molecule has 8 heteroatoms. The lowest BCUT2D eigenvalue weighted by molar-refractivity contribution is -0.130. The second kappa shape index (κ2) is 5.40. The summed E-state index contributed by atoms with van der Waals surface area (Å²) in [6, 6.07) is 5.16. The Bertz CT molecular complexity index is 855. The van der Waals surface area contributed by atoms with Gasteiger partial charge in [0, 0.05) is 26.1 Å². The van der Waals surface area contributed by atoms with Gasteiger partial charge in [0.15, 0.2) is 0 Å². The number of rotatable bonds is 2. The maximum Gasteiger partial charge on any atom is 0.281 e. The van der Waals surface area contributed by atoms with E-state index in [2.05, 4.69) is 15.4 Å². The number of hydrogen-bond acceptors (Lipinski definition) is 5. The van der Waals surface area contributed by atoms with Crippen LogP contribution < -0.4 is 10.9 Å². The third kappa shape index (κ3) is 2.46. The van der Waals surface area contributed by atoms with Crippen molar-refractivity contribution in [2.45, 2.75) is 12.8 Å². The van der Waals surface area contributed by atoms with Crippen LogP contribution in [0.2, 0.25) is 0 Å². The van der Waals surface area contributed by atoms with Crippen molar-refractivity contribution in [1.82, 2.24) is 14.4 Å². The summed E-state index contributed by atoms with van der Waals surface area (Å²) in [5.74, 6) is -0.655. The molecule has 0 radical (unpaired) electrons. The lowest BCUT2D eigenvalue weighted by Gasteiger charge is -2.18. The normalized spacial score (nSPS) is 14.9. The molecule has 8 nitrogen and oxygen atoms in total. The molecule has 3 rings (SSSR count). The average Bonchev–Trinajstić information content (AvgIpc) is 2.53. The molecule has 3 heterocycles. The summed E-state index contributed by atoms with van der Waals surface area (Å²) in [5, 5.41) is 7.54. The van der Waals surface area contributed by atoms with Gasteiger partial charge in [0.1, 0.15) is 17.0 Å². The van der Waals surface area contributed by atoms with Crippen molar-refractivity contribution in [3.8, 4) is 0 Å².